The summed E-state index contributed by atoms with van der Waals surface area (Å²) < 4.78 is 39.6. The van der Waals surface area contributed by atoms with E-state index in [0.29, 0.717) is 28.5 Å². The van der Waals surface area contributed by atoms with Crippen molar-refractivity contribution in [1.82, 2.24) is 25.1 Å². The smallest absolute Gasteiger partial charge is 0.348 e. The maximum absolute atomic E-state index is 13.2. The Kier molecular flexibility index (Phi) is 8.40. The van der Waals surface area contributed by atoms with Gasteiger partial charge in [-0.2, -0.15) is 18.3 Å². The zero-order chi connectivity index (χ0) is 28.1. The van der Waals surface area contributed by atoms with Gasteiger partial charge in [0.1, 0.15) is 5.69 Å². The van der Waals surface area contributed by atoms with Crippen molar-refractivity contribution in [3.8, 4) is 22.5 Å². The van der Waals surface area contributed by atoms with Gasteiger partial charge < -0.3 is 10.2 Å². The first-order valence-electron chi connectivity index (χ1n) is 13.7. The van der Waals surface area contributed by atoms with Crippen LogP contribution in [0.3, 0.4) is 0 Å². The van der Waals surface area contributed by atoms with Gasteiger partial charge in [-0.3, -0.25) is 0 Å². The summed E-state index contributed by atoms with van der Waals surface area (Å²) in [6.45, 7) is 7.18. The van der Waals surface area contributed by atoms with Gasteiger partial charge in [-0.05, 0) is 68.2 Å². The molecule has 0 saturated carbocycles. The zero-order valence-corrected chi connectivity index (χ0v) is 22.7. The molecule has 1 fully saturated rings. The molecule has 1 atom stereocenters. The normalized spacial score (nSPS) is 15.6. The number of alkyl halides is 3. The second-order valence-corrected chi connectivity index (χ2v) is 10.3. The summed E-state index contributed by atoms with van der Waals surface area (Å²) in [4.78, 5) is 11.5. The fraction of sp³-hybridized carbons (Fsp3) is 0.355. The summed E-state index contributed by atoms with van der Waals surface area (Å²) in [6, 6.07) is 20.3. The van der Waals surface area contributed by atoms with E-state index in [4.69, 9.17) is 4.98 Å². The molecule has 4 aromatic rings. The van der Waals surface area contributed by atoms with E-state index in [1.54, 1.807) is 24.4 Å². The van der Waals surface area contributed by atoms with Crippen LogP contribution in [-0.2, 0) is 6.42 Å². The first kappa shape index (κ1) is 27.7. The van der Waals surface area contributed by atoms with Gasteiger partial charge in [0.25, 0.3) is 0 Å². The highest BCUT2D eigenvalue weighted by Gasteiger charge is 2.28. The molecule has 1 aliphatic heterocycles. The summed E-state index contributed by atoms with van der Waals surface area (Å²) in [6.07, 6.45) is -1.69. The third-order valence-corrected chi connectivity index (χ3v) is 7.45. The molecule has 1 N–H and O–H groups in total. The lowest BCUT2D eigenvalue weighted by atomic mass is 9.91. The number of hydrogen-bond acceptors (Lipinski definition) is 6. The van der Waals surface area contributed by atoms with E-state index >= 15 is 0 Å². The summed E-state index contributed by atoms with van der Waals surface area (Å²) in [5.41, 5.74) is 4.59. The van der Waals surface area contributed by atoms with Crippen LogP contribution in [0.5, 0.6) is 0 Å². The summed E-state index contributed by atoms with van der Waals surface area (Å²) in [5.74, 6) is 0.680. The molecule has 9 heteroatoms. The van der Waals surface area contributed by atoms with E-state index in [1.165, 1.54) is 6.07 Å². The van der Waals surface area contributed by atoms with Crippen molar-refractivity contribution in [2.75, 3.05) is 25.0 Å². The number of rotatable bonds is 8. The minimum absolute atomic E-state index is 0.0302. The molecular formula is C31H33F3N6. The quantitative estimate of drug-likeness (QED) is 0.255. The van der Waals surface area contributed by atoms with Crippen LogP contribution in [0, 0.1) is 0 Å². The number of halogens is 3. The molecule has 0 spiro atoms. The molecular weight excluding hydrogens is 513 g/mol. The van der Waals surface area contributed by atoms with Crippen molar-refractivity contribution in [2.45, 2.75) is 51.2 Å². The number of aromatic nitrogens is 4. The Morgan fingerprint density at radius 2 is 1.75 bits per heavy atom. The monoisotopic (exact) mass is 546 g/mol. The number of anilines is 1. The standard InChI is InChI=1S/C31H33F3N6/c1-3-40-16-13-24(14-17-40)28-19-26(25-11-7-8-22(18-25)20-31(32,33)34)29(39-38-28)27-12-15-35-30(37-27)36-21(2)23-9-5-4-6-10-23/h4-12,15,18-19,21,24H,3,13-14,16-17,20H2,1-2H3,(H,35,36,37). The molecule has 5 rings (SSSR count). The van der Waals surface area contributed by atoms with Gasteiger partial charge in [-0.1, -0.05) is 61.5 Å². The van der Waals surface area contributed by atoms with Crippen molar-refractivity contribution in [3.05, 3.63) is 89.7 Å². The molecule has 6 nitrogen and oxygen atoms in total. The minimum atomic E-state index is -4.29. The van der Waals surface area contributed by atoms with Gasteiger partial charge >= 0.3 is 6.18 Å². The highest BCUT2D eigenvalue weighted by atomic mass is 19.4. The molecule has 1 aliphatic rings. The summed E-state index contributed by atoms with van der Waals surface area (Å²) in [5, 5.41) is 12.6. The van der Waals surface area contributed by atoms with Crippen LogP contribution in [0.25, 0.3) is 22.5 Å². The maximum atomic E-state index is 13.2. The predicted molar refractivity (Wildman–Crippen MR) is 151 cm³/mol. The van der Waals surface area contributed by atoms with E-state index in [-0.39, 0.29) is 17.5 Å². The molecule has 1 saturated heterocycles. The van der Waals surface area contributed by atoms with Crippen LogP contribution >= 0.6 is 0 Å². The van der Waals surface area contributed by atoms with Gasteiger partial charge in [0.05, 0.1) is 23.9 Å². The average Bonchev–Trinajstić information content (AvgIpc) is 2.97. The number of benzene rings is 2. The van der Waals surface area contributed by atoms with Gasteiger partial charge in [0.15, 0.2) is 0 Å². The van der Waals surface area contributed by atoms with E-state index in [1.807, 2.05) is 49.4 Å². The molecule has 2 aromatic carbocycles. The average molecular weight is 547 g/mol. The van der Waals surface area contributed by atoms with Crippen molar-refractivity contribution in [1.29, 1.82) is 0 Å². The SMILES string of the molecule is CCN1CCC(c2cc(-c3cccc(CC(F)(F)F)c3)c(-c3ccnc(NC(C)c4ccccc4)n3)nn2)CC1. The maximum Gasteiger partial charge on any atom is 0.393 e. The fourth-order valence-corrected chi connectivity index (χ4v) is 5.22. The third-order valence-electron chi connectivity index (χ3n) is 7.45. The van der Waals surface area contributed by atoms with Crippen LogP contribution in [0.15, 0.2) is 72.9 Å². The highest BCUT2D eigenvalue weighted by Crippen LogP contribution is 2.35. The van der Waals surface area contributed by atoms with Crippen molar-refractivity contribution in [2.24, 2.45) is 0 Å². The molecule has 0 bridgehead atoms. The van der Waals surface area contributed by atoms with Gasteiger partial charge in [-0.15, -0.1) is 5.10 Å². The van der Waals surface area contributed by atoms with Crippen molar-refractivity contribution >= 4 is 5.95 Å². The van der Waals surface area contributed by atoms with Crippen molar-refractivity contribution in [3.63, 3.8) is 0 Å². The molecule has 0 aliphatic carbocycles. The van der Waals surface area contributed by atoms with Gasteiger partial charge in [0.2, 0.25) is 5.95 Å². The highest BCUT2D eigenvalue weighted by molar-refractivity contribution is 5.79. The van der Waals surface area contributed by atoms with Gasteiger partial charge in [-0.25, -0.2) is 9.97 Å². The van der Waals surface area contributed by atoms with Gasteiger partial charge in [0, 0.05) is 17.7 Å². The zero-order valence-electron chi connectivity index (χ0n) is 22.7. The van der Waals surface area contributed by atoms with Crippen LogP contribution in [0.2, 0.25) is 0 Å². The van der Waals surface area contributed by atoms with Crippen LogP contribution in [0.1, 0.15) is 55.5 Å². The molecule has 208 valence electrons. The molecule has 1 unspecified atom stereocenters. The summed E-state index contributed by atoms with van der Waals surface area (Å²) in [7, 11) is 0. The number of hydrogen-bond donors (Lipinski definition) is 1. The van der Waals surface area contributed by atoms with Crippen LogP contribution in [-0.4, -0.2) is 50.9 Å². The molecule has 2 aromatic heterocycles. The lowest BCUT2D eigenvalue weighted by Gasteiger charge is -2.30. The first-order valence-corrected chi connectivity index (χ1v) is 13.7. The Morgan fingerprint density at radius 3 is 2.48 bits per heavy atom. The summed E-state index contributed by atoms with van der Waals surface area (Å²) >= 11 is 0. The minimum Gasteiger partial charge on any atom is -0.348 e. The first-order chi connectivity index (χ1) is 19.3. The van der Waals surface area contributed by atoms with E-state index < -0.39 is 12.6 Å². The van der Waals surface area contributed by atoms with E-state index in [2.05, 4.69) is 32.3 Å². The number of piperidine rings is 1. The lowest BCUT2D eigenvalue weighted by Crippen LogP contribution is -2.32. The number of nitrogens with one attached hydrogen (secondary N) is 1. The van der Waals surface area contributed by atoms with Crippen LogP contribution < -0.4 is 5.32 Å². The predicted octanol–water partition coefficient (Wildman–Crippen LogP) is 7.08. The second-order valence-electron chi connectivity index (χ2n) is 10.3. The molecule has 40 heavy (non-hydrogen) atoms. The molecule has 0 radical (unpaired) electrons. The number of likely N-dealkylation sites (tertiary alicyclic amines) is 1. The second kappa shape index (κ2) is 12.1. The largest absolute Gasteiger partial charge is 0.393 e. The fourth-order valence-electron chi connectivity index (χ4n) is 5.22. The van der Waals surface area contributed by atoms with E-state index in [0.717, 1.165) is 43.7 Å². The number of nitrogens with zero attached hydrogens (tertiary/aromatic N) is 5. The molecule has 3 heterocycles. The third kappa shape index (κ3) is 6.83. The Morgan fingerprint density at radius 1 is 0.975 bits per heavy atom. The Bertz CT molecular complexity index is 1420. The Balaban J connectivity index is 1.51. The topological polar surface area (TPSA) is 66.8 Å². The Labute approximate surface area is 232 Å². The van der Waals surface area contributed by atoms with Crippen LogP contribution in [0.4, 0.5) is 19.1 Å². The Hall–Kier alpha value is -3.85. The van der Waals surface area contributed by atoms with E-state index in [9.17, 15) is 13.2 Å². The molecule has 0 amide bonds. The van der Waals surface area contributed by atoms with Crippen molar-refractivity contribution < 1.29 is 13.2 Å². The lowest BCUT2D eigenvalue weighted by molar-refractivity contribution is -0.127.